The van der Waals surface area contributed by atoms with Crippen molar-refractivity contribution < 1.29 is 13.2 Å². The van der Waals surface area contributed by atoms with Crippen molar-refractivity contribution in [3.8, 4) is 6.07 Å². The van der Waals surface area contributed by atoms with Gasteiger partial charge in [0.15, 0.2) is 5.16 Å². The van der Waals surface area contributed by atoms with Crippen LogP contribution >= 0.6 is 11.8 Å². The molecule has 1 aromatic carbocycles. The third-order valence-electron chi connectivity index (χ3n) is 2.37. The Morgan fingerprint density at radius 1 is 1.33 bits per heavy atom. The first-order chi connectivity index (χ1) is 9.79. The summed E-state index contributed by atoms with van der Waals surface area (Å²) in [4.78, 5) is 17.7. The molecule has 0 radical (unpaired) electrons. The summed E-state index contributed by atoms with van der Waals surface area (Å²) in [6.07, 6.45) is -4.53. The standard InChI is InChI=1S/C12H7F3N4OS/c13-12(14,15)7-1-2-8(6(3-7)5-16)21-11-18-9(17)4-10(20)19-11/h1-4H,(H3,17,18,19,20). The van der Waals surface area contributed by atoms with E-state index in [0.29, 0.717) is 0 Å². The lowest BCUT2D eigenvalue weighted by atomic mass is 10.1. The maximum absolute atomic E-state index is 12.6. The van der Waals surface area contributed by atoms with E-state index >= 15 is 0 Å². The van der Waals surface area contributed by atoms with Crippen LogP contribution in [0.15, 0.2) is 39.1 Å². The van der Waals surface area contributed by atoms with Crippen LogP contribution in [0.3, 0.4) is 0 Å². The van der Waals surface area contributed by atoms with Gasteiger partial charge < -0.3 is 10.7 Å². The van der Waals surface area contributed by atoms with E-state index in [1.54, 1.807) is 6.07 Å². The van der Waals surface area contributed by atoms with Crippen LogP contribution < -0.4 is 11.3 Å². The summed E-state index contributed by atoms with van der Waals surface area (Å²) >= 11 is 0.850. The number of H-pyrrole nitrogens is 1. The van der Waals surface area contributed by atoms with E-state index in [9.17, 15) is 18.0 Å². The lowest BCUT2D eigenvalue weighted by Gasteiger charge is -2.09. The van der Waals surface area contributed by atoms with Gasteiger partial charge in [-0.15, -0.1) is 0 Å². The zero-order chi connectivity index (χ0) is 15.6. The first kappa shape index (κ1) is 14.9. The summed E-state index contributed by atoms with van der Waals surface area (Å²) in [5, 5.41) is 9.04. The second kappa shape index (κ2) is 5.49. The molecule has 0 aliphatic rings. The monoisotopic (exact) mass is 312 g/mol. The Hall–Kier alpha value is -2.47. The van der Waals surface area contributed by atoms with E-state index in [-0.39, 0.29) is 21.4 Å². The van der Waals surface area contributed by atoms with Gasteiger partial charge in [0.2, 0.25) is 0 Å². The van der Waals surface area contributed by atoms with Gasteiger partial charge in [-0.3, -0.25) is 4.79 Å². The Bertz CT molecular complexity index is 779. The van der Waals surface area contributed by atoms with Crippen LogP contribution in [0.1, 0.15) is 11.1 Å². The second-order valence-electron chi connectivity index (χ2n) is 3.90. The maximum Gasteiger partial charge on any atom is 0.416 e. The molecule has 0 amide bonds. The van der Waals surface area contributed by atoms with Crippen LogP contribution in [0.25, 0.3) is 0 Å². The molecule has 0 saturated heterocycles. The highest BCUT2D eigenvalue weighted by molar-refractivity contribution is 7.99. The molecule has 1 aromatic heterocycles. The number of nitriles is 1. The highest BCUT2D eigenvalue weighted by atomic mass is 32.2. The minimum Gasteiger partial charge on any atom is -0.383 e. The Labute approximate surface area is 120 Å². The van der Waals surface area contributed by atoms with E-state index in [1.165, 1.54) is 0 Å². The Morgan fingerprint density at radius 2 is 2.05 bits per heavy atom. The van der Waals surface area contributed by atoms with Crippen molar-refractivity contribution in [3.05, 3.63) is 45.7 Å². The summed E-state index contributed by atoms with van der Waals surface area (Å²) in [6, 6.07) is 5.50. The maximum atomic E-state index is 12.6. The molecular formula is C12H7F3N4OS. The van der Waals surface area contributed by atoms with Crippen molar-refractivity contribution >= 4 is 17.6 Å². The van der Waals surface area contributed by atoms with Gasteiger partial charge in [-0.05, 0) is 18.2 Å². The number of halogens is 3. The van der Waals surface area contributed by atoms with Gasteiger partial charge in [-0.2, -0.15) is 18.4 Å². The quantitative estimate of drug-likeness (QED) is 0.830. The molecule has 9 heteroatoms. The van der Waals surface area contributed by atoms with Gasteiger partial charge in [0.25, 0.3) is 5.56 Å². The Kier molecular flexibility index (Phi) is 3.90. The van der Waals surface area contributed by atoms with Crippen molar-refractivity contribution in [2.75, 3.05) is 5.73 Å². The predicted molar refractivity (Wildman–Crippen MR) is 69.6 cm³/mol. The van der Waals surface area contributed by atoms with E-state index in [2.05, 4.69) is 9.97 Å². The molecule has 21 heavy (non-hydrogen) atoms. The first-order valence-electron chi connectivity index (χ1n) is 5.45. The lowest BCUT2D eigenvalue weighted by molar-refractivity contribution is -0.137. The van der Waals surface area contributed by atoms with Gasteiger partial charge in [-0.25, -0.2) is 4.98 Å². The number of aromatic nitrogens is 2. The number of nitrogen functional groups attached to an aromatic ring is 1. The second-order valence-corrected chi connectivity index (χ2v) is 4.93. The number of nitrogens with two attached hydrogens (primary N) is 1. The fourth-order valence-electron chi connectivity index (χ4n) is 1.49. The van der Waals surface area contributed by atoms with Crippen LogP contribution in [0.2, 0.25) is 0 Å². The Balaban J connectivity index is 2.41. The SMILES string of the molecule is N#Cc1cc(C(F)(F)F)ccc1Sc1nc(N)cc(=O)[nH]1. The number of nitrogens with one attached hydrogen (secondary N) is 1. The molecule has 1 heterocycles. The summed E-state index contributed by atoms with van der Waals surface area (Å²) < 4.78 is 37.7. The number of hydrogen-bond acceptors (Lipinski definition) is 5. The highest BCUT2D eigenvalue weighted by Gasteiger charge is 2.31. The number of hydrogen-bond donors (Lipinski definition) is 2. The number of rotatable bonds is 2. The largest absolute Gasteiger partial charge is 0.416 e. The van der Waals surface area contributed by atoms with Gasteiger partial charge in [0.05, 0.1) is 11.1 Å². The van der Waals surface area contributed by atoms with Crippen molar-refractivity contribution in [3.63, 3.8) is 0 Å². The lowest BCUT2D eigenvalue weighted by Crippen LogP contribution is -2.09. The first-order valence-corrected chi connectivity index (χ1v) is 6.27. The van der Waals surface area contributed by atoms with E-state index in [1.807, 2.05) is 0 Å². The summed E-state index contributed by atoms with van der Waals surface area (Å²) in [6.45, 7) is 0. The summed E-state index contributed by atoms with van der Waals surface area (Å²) in [7, 11) is 0. The summed E-state index contributed by atoms with van der Waals surface area (Å²) in [5.41, 5.74) is 3.83. The molecule has 0 unspecified atom stereocenters. The van der Waals surface area contributed by atoms with Crippen molar-refractivity contribution in [2.45, 2.75) is 16.2 Å². The third kappa shape index (κ3) is 3.55. The van der Waals surface area contributed by atoms with Crippen LogP contribution in [-0.2, 0) is 6.18 Å². The zero-order valence-corrected chi connectivity index (χ0v) is 11.0. The number of benzene rings is 1. The van der Waals surface area contributed by atoms with Crippen molar-refractivity contribution in [2.24, 2.45) is 0 Å². The fourth-order valence-corrected chi connectivity index (χ4v) is 2.35. The topological polar surface area (TPSA) is 95.6 Å². The number of aromatic amines is 1. The van der Waals surface area contributed by atoms with Crippen molar-refractivity contribution in [1.82, 2.24) is 9.97 Å². The summed E-state index contributed by atoms with van der Waals surface area (Å²) in [5.74, 6) is -0.0216. The molecular weight excluding hydrogens is 305 g/mol. The van der Waals surface area contributed by atoms with Crippen LogP contribution in [0.4, 0.5) is 19.0 Å². The van der Waals surface area contributed by atoms with E-state index in [0.717, 1.165) is 36.0 Å². The predicted octanol–water partition coefficient (Wildman–Crippen LogP) is 2.39. The molecule has 3 N–H and O–H groups in total. The fraction of sp³-hybridized carbons (Fsp3) is 0.0833. The number of nitrogens with zero attached hydrogens (tertiary/aromatic N) is 2. The Morgan fingerprint density at radius 3 is 2.62 bits per heavy atom. The van der Waals surface area contributed by atoms with Crippen molar-refractivity contribution in [1.29, 1.82) is 5.26 Å². The average molecular weight is 312 g/mol. The van der Waals surface area contributed by atoms with Gasteiger partial charge in [-0.1, -0.05) is 11.8 Å². The number of alkyl halides is 3. The third-order valence-corrected chi connectivity index (χ3v) is 3.34. The minimum absolute atomic E-state index is 0.0216. The van der Waals surface area contributed by atoms with Gasteiger partial charge in [0, 0.05) is 11.0 Å². The molecule has 0 aliphatic carbocycles. The normalized spacial score (nSPS) is 11.1. The molecule has 0 bridgehead atoms. The minimum atomic E-state index is -4.53. The molecule has 2 rings (SSSR count). The highest BCUT2D eigenvalue weighted by Crippen LogP contribution is 2.34. The van der Waals surface area contributed by atoms with E-state index < -0.39 is 17.3 Å². The van der Waals surface area contributed by atoms with Crippen LogP contribution in [0.5, 0.6) is 0 Å². The van der Waals surface area contributed by atoms with Crippen LogP contribution in [0, 0.1) is 11.3 Å². The average Bonchev–Trinajstić information content (AvgIpc) is 2.36. The molecule has 108 valence electrons. The molecule has 0 atom stereocenters. The molecule has 0 spiro atoms. The van der Waals surface area contributed by atoms with E-state index in [4.69, 9.17) is 11.0 Å². The van der Waals surface area contributed by atoms with Gasteiger partial charge in [0.1, 0.15) is 11.9 Å². The molecule has 0 fully saturated rings. The molecule has 2 aromatic rings. The smallest absolute Gasteiger partial charge is 0.383 e. The zero-order valence-electron chi connectivity index (χ0n) is 10.2. The van der Waals surface area contributed by atoms with Gasteiger partial charge >= 0.3 is 6.18 Å². The number of anilines is 1. The molecule has 5 nitrogen and oxygen atoms in total. The molecule has 0 saturated carbocycles. The van der Waals surface area contributed by atoms with Crippen LogP contribution in [-0.4, -0.2) is 9.97 Å². The molecule has 0 aliphatic heterocycles.